The van der Waals surface area contributed by atoms with Crippen LogP contribution in [-0.2, 0) is 6.42 Å². The Bertz CT molecular complexity index is 331. The van der Waals surface area contributed by atoms with Crippen molar-refractivity contribution in [2.45, 2.75) is 18.9 Å². The van der Waals surface area contributed by atoms with E-state index in [2.05, 4.69) is 5.32 Å². The first-order valence-electron chi connectivity index (χ1n) is 5.51. The topological polar surface area (TPSA) is 12.0 Å². The van der Waals surface area contributed by atoms with Gasteiger partial charge in [-0.1, -0.05) is 29.3 Å². The van der Waals surface area contributed by atoms with E-state index >= 15 is 0 Å². The van der Waals surface area contributed by atoms with Crippen molar-refractivity contribution in [2.24, 2.45) is 0 Å². The Morgan fingerprint density at radius 3 is 2.69 bits per heavy atom. The van der Waals surface area contributed by atoms with Crippen molar-refractivity contribution in [1.82, 2.24) is 5.32 Å². The standard InChI is InChI=1S/C12H15Cl2NS/c13-11-2-1-3-12(14)10(11)4-6-15-9-5-7-16-8-9/h1-3,9,15H,4-8H2. The fourth-order valence-corrected chi connectivity index (χ4v) is 3.64. The number of thioether (sulfide) groups is 1. The highest BCUT2D eigenvalue weighted by Gasteiger charge is 2.14. The molecule has 2 rings (SSSR count). The molecule has 1 saturated heterocycles. The van der Waals surface area contributed by atoms with Crippen LogP contribution in [0.25, 0.3) is 0 Å². The van der Waals surface area contributed by atoms with Crippen molar-refractivity contribution < 1.29 is 0 Å². The molecule has 1 atom stereocenters. The number of nitrogens with one attached hydrogen (secondary N) is 1. The van der Waals surface area contributed by atoms with Crippen LogP contribution < -0.4 is 5.32 Å². The second-order valence-electron chi connectivity index (χ2n) is 3.96. The van der Waals surface area contributed by atoms with Gasteiger partial charge in [-0.25, -0.2) is 0 Å². The maximum absolute atomic E-state index is 6.11. The van der Waals surface area contributed by atoms with Crippen LogP contribution in [0.2, 0.25) is 10.0 Å². The van der Waals surface area contributed by atoms with E-state index in [4.69, 9.17) is 23.2 Å². The highest BCUT2D eigenvalue weighted by molar-refractivity contribution is 7.99. The zero-order chi connectivity index (χ0) is 11.4. The van der Waals surface area contributed by atoms with Gasteiger partial charge in [-0.2, -0.15) is 11.8 Å². The molecule has 1 fully saturated rings. The molecule has 1 aliphatic heterocycles. The van der Waals surface area contributed by atoms with Gasteiger partial charge in [-0.3, -0.25) is 0 Å². The van der Waals surface area contributed by atoms with Gasteiger partial charge in [-0.05, 0) is 42.8 Å². The van der Waals surface area contributed by atoms with E-state index in [-0.39, 0.29) is 0 Å². The van der Waals surface area contributed by atoms with Gasteiger partial charge >= 0.3 is 0 Å². The average Bonchev–Trinajstić information content (AvgIpc) is 2.75. The van der Waals surface area contributed by atoms with Crippen LogP contribution >= 0.6 is 35.0 Å². The van der Waals surface area contributed by atoms with Crippen LogP contribution in [-0.4, -0.2) is 24.1 Å². The molecule has 0 saturated carbocycles. The van der Waals surface area contributed by atoms with Crippen LogP contribution in [0.1, 0.15) is 12.0 Å². The molecular weight excluding hydrogens is 261 g/mol. The first kappa shape index (κ1) is 12.6. The molecule has 88 valence electrons. The summed E-state index contributed by atoms with van der Waals surface area (Å²) in [5.74, 6) is 2.51. The summed E-state index contributed by atoms with van der Waals surface area (Å²) >= 11 is 14.2. The van der Waals surface area contributed by atoms with Gasteiger partial charge < -0.3 is 5.32 Å². The van der Waals surface area contributed by atoms with Crippen LogP contribution in [0.4, 0.5) is 0 Å². The third-order valence-electron chi connectivity index (χ3n) is 2.80. The smallest absolute Gasteiger partial charge is 0.0453 e. The summed E-state index contributed by atoms with van der Waals surface area (Å²) < 4.78 is 0. The lowest BCUT2D eigenvalue weighted by molar-refractivity contribution is 0.560. The molecule has 1 aliphatic rings. The van der Waals surface area contributed by atoms with E-state index in [1.54, 1.807) is 0 Å². The highest BCUT2D eigenvalue weighted by Crippen LogP contribution is 2.24. The molecule has 1 aromatic rings. The number of rotatable bonds is 4. The molecule has 0 bridgehead atoms. The quantitative estimate of drug-likeness (QED) is 0.901. The molecule has 16 heavy (non-hydrogen) atoms. The van der Waals surface area contributed by atoms with Gasteiger partial charge in [0.2, 0.25) is 0 Å². The SMILES string of the molecule is Clc1cccc(Cl)c1CCNC1CCSC1. The van der Waals surface area contributed by atoms with Crippen LogP contribution in [0.15, 0.2) is 18.2 Å². The first-order valence-corrected chi connectivity index (χ1v) is 7.42. The van der Waals surface area contributed by atoms with E-state index in [1.165, 1.54) is 17.9 Å². The molecule has 1 N–H and O–H groups in total. The van der Waals surface area contributed by atoms with Gasteiger partial charge in [0.05, 0.1) is 0 Å². The van der Waals surface area contributed by atoms with Crippen molar-refractivity contribution in [1.29, 1.82) is 0 Å². The van der Waals surface area contributed by atoms with E-state index < -0.39 is 0 Å². The number of hydrogen-bond acceptors (Lipinski definition) is 2. The van der Waals surface area contributed by atoms with Crippen molar-refractivity contribution in [3.05, 3.63) is 33.8 Å². The van der Waals surface area contributed by atoms with Crippen LogP contribution in [0.3, 0.4) is 0 Å². The maximum Gasteiger partial charge on any atom is 0.0453 e. The minimum atomic E-state index is 0.672. The van der Waals surface area contributed by atoms with Gasteiger partial charge in [0.15, 0.2) is 0 Å². The molecule has 1 aromatic carbocycles. The van der Waals surface area contributed by atoms with E-state index in [0.29, 0.717) is 6.04 Å². The summed E-state index contributed by atoms with van der Waals surface area (Å²) in [6.07, 6.45) is 2.18. The first-order chi connectivity index (χ1) is 7.77. The largest absolute Gasteiger partial charge is 0.313 e. The lowest BCUT2D eigenvalue weighted by Crippen LogP contribution is -2.30. The van der Waals surface area contributed by atoms with Gasteiger partial charge in [0.1, 0.15) is 0 Å². The summed E-state index contributed by atoms with van der Waals surface area (Å²) in [5.41, 5.74) is 1.06. The van der Waals surface area contributed by atoms with Gasteiger partial charge in [0.25, 0.3) is 0 Å². The Balaban J connectivity index is 1.84. The van der Waals surface area contributed by atoms with Crippen molar-refractivity contribution in [3.8, 4) is 0 Å². The molecule has 0 aliphatic carbocycles. The molecule has 1 unspecified atom stereocenters. The van der Waals surface area contributed by atoms with Crippen LogP contribution in [0, 0.1) is 0 Å². The van der Waals surface area contributed by atoms with Crippen molar-refractivity contribution in [2.75, 3.05) is 18.1 Å². The lowest BCUT2D eigenvalue weighted by atomic mass is 10.1. The fourth-order valence-electron chi connectivity index (χ4n) is 1.87. The zero-order valence-corrected chi connectivity index (χ0v) is 11.3. The molecule has 0 amide bonds. The molecule has 1 nitrogen and oxygen atoms in total. The monoisotopic (exact) mass is 275 g/mol. The van der Waals surface area contributed by atoms with E-state index in [1.807, 2.05) is 30.0 Å². The second kappa shape index (κ2) is 6.15. The Morgan fingerprint density at radius 1 is 1.31 bits per heavy atom. The normalized spacial score (nSPS) is 20.2. The fraction of sp³-hybridized carbons (Fsp3) is 0.500. The van der Waals surface area contributed by atoms with Crippen molar-refractivity contribution in [3.63, 3.8) is 0 Å². The van der Waals surface area contributed by atoms with E-state index in [9.17, 15) is 0 Å². The summed E-state index contributed by atoms with van der Waals surface area (Å²) in [6.45, 7) is 0.953. The number of halogens is 2. The maximum atomic E-state index is 6.11. The lowest BCUT2D eigenvalue weighted by Gasteiger charge is -2.12. The molecule has 1 heterocycles. The Hall–Kier alpha value is 0.110. The minimum absolute atomic E-state index is 0.672. The zero-order valence-electron chi connectivity index (χ0n) is 9.01. The average molecular weight is 276 g/mol. The second-order valence-corrected chi connectivity index (χ2v) is 5.93. The van der Waals surface area contributed by atoms with Gasteiger partial charge in [-0.15, -0.1) is 0 Å². The number of hydrogen-bond donors (Lipinski definition) is 1. The predicted octanol–water partition coefficient (Wildman–Crippen LogP) is 3.63. The molecule has 0 radical (unpaired) electrons. The summed E-state index contributed by atoms with van der Waals surface area (Å²) in [7, 11) is 0. The molecule has 0 spiro atoms. The summed E-state index contributed by atoms with van der Waals surface area (Å²) in [6, 6.07) is 6.35. The Labute approximate surface area is 111 Å². The number of benzene rings is 1. The van der Waals surface area contributed by atoms with Crippen molar-refractivity contribution >= 4 is 35.0 Å². The Kier molecular flexibility index (Phi) is 4.83. The highest BCUT2D eigenvalue weighted by atomic mass is 35.5. The predicted molar refractivity (Wildman–Crippen MR) is 73.9 cm³/mol. The van der Waals surface area contributed by atoms with E-state index in [0.717, 1.165) is 28.6 Å². The molecular formula is C12H15Cl2NS. The van der Waals surface area contributed by atoms with Crippen LogP contribution in [0.5, 0.6) is 0 Å². The molecule has 0 aromatic heterocycles. The Morgan fingerprint density at radius 2 is 2.06 bits per heavy atom. The summed E-state index contributed by atoms with van der Waals surface area (Å²) in [4.78, 5) is 0. The third-order valence-corrected chi connectivity index (χ3v) is 4.67. The molecule has 4 heteroatoms. The van der Waals surface area contributed by atoms with Gasteiger partial charge in [0, 0.05) is 21.8 Å². The minimum Gasteiger partial charge on any atom is -0.313 e. The summed E-state index contributed by atoms with van der Waals surface area (Å²) in [5, 5.41) is 5.09. The third kappa shape index (κ3) is 3.30.